The van der Waals surface area contributed by atoms with Gasteiger partial charge in [0, 0.05) is 16.1 Å². The number of halogens is 1. The summed E-state index contributed by atoms with van der Waals surface area (Å²) in [6, 6.07) is 10.7. The zero-order valence-electron chi connectivity index (χ0n) is 11.7. The minimum absolute atomic E-state index is 0.215. The molecule has 2 aromatic rings. The highest BCUT2D eigenvalue weighted by Crippen LogP contribution is 2.22. The first-order chi connectivity index (χ1) is 9.90. The molecule has 0 spiro atoms. The molecule has 0 radical (unpaired) electrons. The van der Waals surface area contributed by atoms with Crippen molar-refractivity contribution >= 4 is 40.4 Å². The van der Waals surface area contributed by atoms with E-state index in [1.54, 1.807) is 24.3 Å². The predicted octanol–water partition coefficient (Wildman–Crippen LogP) is 3.84. The maximum Gasteiger partial charge on any atom is 0.255 e. The molecule has 0 aromatic heterocycles. The van der Waals surface area contributed by atoms with Gasteiger partial charge < -0.3 is 11.1 Å². The van der Waals surface area contributed by atoms with Crippen molar-refractivity contribution in [1.82, 2.24) is 0 Å². The SMILES string of the molecule is Cc1cc(Cl)ccc1C(=O)Nc1cccc(C)c1C(N)=S. The smallest absolute Gasteiger partial charge is 0.255 e. The Hall–Kier alpha value is -1.91. The first kappa shape index (κ1) is 15.5. The lowest BCUT2D eigenvalue weighted by Crippen LogP contribution is -2.19. The number of hydrogen-bond acceptors (Lipinski definition) is 2. The number of hydrogen-bond donors (Lipinski definition) is 2. The van der Waals surface area contributed by atoms with Crippen molar-refractivity contribution in [2.24, 2.45) is 5.73 Å². The zero-order valence-corrected chi connectivity index (χ0v) is 13.3. The van der Waals surface area contributed by atoms with Crippen LogP contribution in [0, 0.1) is 13.8 Å². The highest BCUT2D eigenvalue weighted by Gasteiger charge is 2.14. The molecule has 3 N–H and O–H groups in total. The molecule has 0 fully saturated rings. The topological polar surface area (TPSA) is 55.1 Å². The van der Waals surface area contributed by atoms with Crippen LogP contribution in [-0.4, -0.2) is 10.9 Å². The van der Waals surface area contributed by atoms with Crippen LogP contribution in [0.5, 0.6) is 0 Å². The number of carbonyl (C=O) groups excluding carboxylic acids is 1. The summed E-state index contributed by atoms with van der Waals surface area (Å²) in [5.74, 6) is -0.215. The van der Waals surface area contributed by atoms with Crippen molar-refractivity contribution in [3.63, 3.8) is 0 Å². The van der Waals surface area contributed by atoms with Crippen LogP contribution in [-0.2, 0) is 0 Å². The van der Waals surface area contributed by atoms with Crippen LogP contribution in [0.2, 0.25) is 5.02 Å². The Morgan fingerprint density at radius 2 is 1.90 bits per heavy atom. The molecule has 0 heterocycles. The monoisotopic (exact) mass is 318 g/mol. The van der Waals surface area contributed by atoms with Crippen LogP contribution in [0.3, 0.4) is 0 Å². The molecule has 5 heteroatoms. The highest BCUT2D eigenvalue weighted by molar-refractivity contribution is 7.80. The summed E-state index contributed by atoms with van der Waals surface area (Å²) in [4.78, 5) is 12.7. The lowest BCUT2D eigenvalue weighted by molar-refractivity contribution is 0.102. The van der Waals surface area contributed by atoms with Crippen molar-refractivity contribution in [2.75, 3.05) is 5.32 Å². The van der Waals surface area contributed by atoms with Crippen LogP contribution in [0.25, 0.3) is 0 Å². The van der Waals surface area contributed by atoms with Crippen LogP contribution in [0.4, 0.5) is 5.69 Å². The summed E-state index contributed by atoms with van der Waals surface area (Å²) >= 11 is 11.0. The normalized spacial score (nSPS) is 10.2. The van der Waals surface area contributed by atoms with E-state index in [0.29, 0.717) is 21.8 Å². The van der Waals surface area contributed by atoms with E-state index < -0.39 is 0 Å². The van der Waals surface area contributed by atoms with Crippen LogP contribution in [0.15, 0.2) is 36.4 Å². The average Bonchev–Trinajstić information content (AvgIpc) is 2.37. The second-order valence-electron chi connectivity index (χ2n) is 4.78. The number of nitrogens with two attached hydrogens (primary N) is 1. The number of amides is 1. The molecule has 0 atom stereocenters. The number of thiocarbonyl (C=S) groups is 1. The molecule has 108 valence electrons. The van der Waals surface area contributed by atoms with Gasteiger partial charge >= 0.3 is 0 Å². The molecule has 0 aliphatic carbocycles. The number of nitrogens with one attached hydrogen (secondary N) is 1. The standard InChI is InChI=1S/C16H15ClN2OS/c1-9-4-3-5-13(14(9)15(18)21)19-16(20)12-7-6-11(17)8-10(12)2/h3-8H,1-2H3,(H2,18,21)(H,19,20). The molecular formula is C16H15ClN2OS. The molecular weight excluding hydrogens is 304 g/mol. The van der Waals surface area contributed by atoms with E-state index in [2.05, 4.69) is 5.32 Å². The van der Waals surface area contributed by atoms with Gasteiger partial charge in [-0.3, -0.25) is 4.79 Å². The van der Waals surface area contributed by atoms with E-state index in [1.807, 2.05) is 26.0 Å². The molecule has 0 aliphatic heterocycles. The third-order valence-electron chi connectivity index (χ3n) is 3.20. The van der Waals surface area contributed by atoms with Gasteiger partial charge in [0.05, 0.1) is 5.69 Å². The summed E-state index contributed by atoms with van der Waals surface area (Å²) in [5.41, 5.74) is 9.34. The minimum atomic E-state index is -0.215. The molecule has 2 rings (SSSR count). The van der Waals surface area contributed by atoms with E-state index in [4.69, 9.17) is 29.6 Å². The lowest BCUT2D eigenvalue weighted by Gasteiger charge is -2.13. The Kier molecular flexibility index (Phi) is 4.60. The fourth-order valence-electron chi connectivity index (χ4n) is 2.17. The molecule has 3 nitrogen and oxygen atoms in total. The van der Waals surface area contributed by atoms with Gasteiger partial charge in [-0.25, -0.2) is 0 Å². The molecule has 0 saturated heterocycles. The summed E-state index contributed by atoms with van der Waals surface area (Å²) in [6.07, 6.45) is 0. The molecule has 1 amide bonds. The third kappa shape index (κ3) is 3.40. The number of aryl methyl sites for hydroxylation is 2. The van der Waals surface area contributed by atoms with Crippen molar-refractivity contribution in [2.45, 2.75) is 13.8 Å². The predicted molar refractivity (Wildman–Crippen MR) is 91.2 cm³/mol. The Morgan fingerprint density at radius 1 is 1.19 bits per heavy atom. The second kappa shape index (κ2) is 6.24. The van der Waals surface area contributed by atoms with E-state index in [0.717, 1.165) is 11.1 Å². The van der Waals surface area contributed by atoms with Gasteiger partial charge in [-0.1, -0.05) is 36.0 Å². The summed E-state index contributed by atoms with van der Waals surface area (Å²) in [6.45, 7) is 3.74. The zero-order chi connectivity index (χ0) is 15.6. The summed E-state index contributed by atoms with van der Waals surface area (Å²) in [7, 11) is 0. The maximum absolute atomic E-state index is 12.4. The summed E-state index contributed by atoms with van der Waals surface area (Å²) in [5, 5.41) is 3.46. The van der Waals surface area contributed by atoms with Gasteiger partial charge in [-0.15, -0.1) is 0 Å². The van der Waals surface area contributed by atoms with Crippen LogP contribution >= 0.6 is 23.8 Å². The summed E-state index contributed by atoms with van der Waals surface area (Å²) < 4.78 is 0. The van der Waals surface area contributed by atoms with Gasteiger partial charge in [0.2, 0.25) is 0 Å². The molecule has 0 aliphatic rings. The van der Waals surface area contributed by atoms with E-state index in [-0.39, 0.29) is 10.9 Å². The van der Waals surface area contributed by atoms with Gasteiger partial charge in [0.1, 0.15) is 4.99 Å². The fraction of sp³-hybridized carbons (Fsp3) is 0.125. The Balaban J connectivity index is 2.36. The van der Waals surface area contributed by atoms with Gasteiger partial charge in [0.15, 0.2) is 0 Å². The number of rotatable bonds is 3. The Morgan fingerprint density at radius 3 is 2.52 bits per heavy atom. The van der Waals surface area contributed by atoms with Crippen LogP contribution < -0.4 is 11.1 Å². The minimum Gasteiger partial charge on any atom is -0.389 e. The first-order valence-corrected chi connectivity index (χ1v) is 7.15. The largest absolute Gasteiger partial charge is 0.389 e. The molecule has 0 saturated carbocycles. The van der Waals surface area contributed by atoms with Crippen molar-refractivity contribution in [3.05, 3.63) is 63.7 Å². The molecule has 21 heavy (non-hydrogen) atoms. The Labute approximate surface area is 134 Å². The third-order valence-corrected chi connectivity index (χ3v) is 3.64. The van der Waals surface area contributed by atoms with E-state index in [9.17, 15) is 4.79 Å². The quantitative estimate of drug-likeness (QED) is 0.845. The van der Waals surface area contributed by atoms with Crippen molar-refractivity contribution in [1.29, 1.82) is 0 Å². The Bertz CT molecular complexity index is 728. The van der Waals surface area contributed by atoms with E-state index >= 15 is 0 Å². The number of carbonyl (C=O) groups is 1. The van der Waals surface area contributed by atoms with Crippen LogP contribution in [0.1, 0.15) is 27.0 Å². The maximum atomic E-state index is 12.4. The van der Waals surface area contributed by atoms with Crippen molar-refractivity contribution in [3.8, 4) is 0 Å². The lowest BCUT2D eigenvalue weighted by atomic mass is 10.0. The van der Waals surface area contributed by atoms with Gasteiger partial charge in [0.25, 0.3) is 5.91 Å². The molecule has 0 bridgehead atoms. The van der Waals surface area contributed by atoms with Crippen molar-refractivity contribution < 1.29 is 4.79 Å². The van der Waals surface area contributed by atoms with E-state index in [1.165, 1.54) is 0 Å². The van der Waals surface area contributed by atoms with Gasteiger partial charge in [-0.05, 0) is 49.2 Å². The fourth-order valence-corrected chi connectivity index (χ4v) is 2.67. The molecule has 0 unspecified atom stereocenters. The molecule has 2 aromatic carbocycles. The van der Waals surface area contributed by atoms with Gasteiger partial charge in [-0.2, -0.15) is 0 Å². The highest BCUT2D eigenvalue weighted by atomic mass is 35.5. The second-order valence-corrected chi connectivity index (χ2v) is 5.65. The first-order valence-electron chi connectivity index (χ1n) is 6.37. The number of benzene rings is 2. The average molecular weight is 319 g/mol. The number of anilines is 1.